The smallest absolute Gasteiger partial charge is 0.254 e. The topological polar surface area (TPSA) is 54.3 Å². The number of para-hydroxylation sites is 1. The fourth-order valence-electron chi connectivity index (χ4n) is 3.67. The highest BCUT2D eigenvalue weighted by Gasteiger charge is 2.25. The minimum atomic E-state index is 0.0708. The quantitative estimate of drug-likeness (QED) is 0.717. The minimum Gasteiger partial charge on any atom is -0.368 e. The molecule has 6 nitrogen and oxygen atoms in total. The van der Waals surface area contributed by atoms with Gasteiger partial charge in [-0.25, -0.2) is 9.67 Å². The van der Waals surface area contributed by atoms with E-state index in [-0.39, 0.29) is 11.9 Å². The van der Waals surface area contributed by atoms with Crippen LogP contribution in [0.15, 0.2) is 42.6 Å². The van der Waals surface area contributed by atoms with E-state index in [4.69, 9.17) is 0 Å². The van der Waals surface area contributed by atoms with Crippen molar-refractivity contribution in [2.75, 3.05) is 31.1 Å². The van der Waals surface area contributed by atoms with Crippen LogP contribution in [0.3, 0.4) is 0 Å². The van der Waals surface area contributed by atoms with Crippen LogP contribution in [-0.2, 0) is 0 Å². The second kappa shape index (κ2) is 7.02. The van der Waals surface area contributed by atoms with Crippen molar-refractivity contribution in [3.8, 4) is 0 Å². The zero-order valence-corrected chi connectivity index (χ0v) is 16.1. The summed E-state index contributed by atoms with van der Waals surface area (Å²) in [6.07, 6.45) is 1.77. The van der Waals surface area contributed by atoms with Gasteiger partial charge in [-0.3, -0.25) is 4.79 Å². The molecule has 1 aliphatic heterocycles. The molecule has 0 aliphatic carbocycles. The fraction of sp³-hybridized carbons (Fsp3) is 0.381. The lowest BCUT2D eigenvalue weighted by Crippen LogP contribution is -2.48. The van der Waals surface area contributed by atoms with Crippen molar-refractivity contribution in [3.05, 3.63) is 53.9 Å². The summed E-state index contributed by atoms with van der Waals surface area (Å²) in [6, 6.07) is 12.5. The summed E-state index contributed by atoms with van der Waals surface area (Å²) >= 11 is 0. The molecule has 1 saturated heterocycles. The predicted octanol–water partition coefficient (Wildman–Crippen LogP) is 3.28. The highest BCUT2D eigenvalue weighted by atomic mass is 16.2. The van der Waals surface area contributed by atoms with E-state index in [0.29, 0.717) is 5.56 Å². The normalized spacial score (nSPS) is 15.0. The third kappa shape index (κ3) is 3.27. The highest BCUT2D eigenvalue weighted by molar-refractivity contribution is 6.05. The Balaban J connectivity index is 1.57. The van der Waals surface area contributed by atoms with Crippen molar-refractivity contribution in [3.63, 3.8) is 0 Å². The van der Waals surface area contributed by atoms with Gasteiger partial charge >= 0.3 is 0 Å². The van der Waals surface area contributed by atoms with Crippen molar-refractivity contribution in [1.82, 2.24) is 19.7 Å². The van der Waals surface area contributed by atoms with Crippen LogP contribution in [0.5, 0.6) is 0 Å². The molecular formula is C21H25N5O. The summed E-state index contributed by atoms with van der Waals surface area (Å²) in [6.45, 7) is 9.19. The predicted molar refractivity (Wildman–Crippen MR) is 107 cm³/mol. The monoisotopic (exact) mass is 363 g/mol. The molecule has 0 spiro atoms. The first kappa shape index (κ1) is 17.5. The SMILES string of the molecule is Cc1cc(C(=O)N2CCN(c3ccccc3)CC2)c2cnn(C(C)C)c2n1. The average molecular weight is 363 g/mol. The summed E-state index contributed by atoms with van der Waals surface area (Å²) in [5, 5.41) is 5.29. The van der Waals surface area contributed by atoms with Crippen molar-refractivity contribution in [1.29, 1.82) is 0 Å². The van der Waals surface area contributed by atoms with Gasteiger partial charge < -0.3 is 9.80 Å². The van der Waals surface area contributed by atoms with Gasteiger partial charge in [0.2, 0.25) is 0 Å². The number of fused-ring (bicyclic) bond motifs is 1. The van der Waals surface area contributed by atoms with Gasteiger partial charge in [0.05, 0.1) is 17.1 Å². The Morgan fingerprint density at radius 2 is 1.78 bits per heavy atom. The molecule has 6 heteroatoms. The number of hydrogen-bond acceptors (Lipinski definition) is 4. The lowest BCUT2D eigenvalue weighted by Gasteiger charge is -2.36. The molecule has 0 atom stereocenters. The Morgan fingerprint density at radius 3 is 2.44 bits per heavy atom. The van der Waals surface area contributed by atoms with Crippen molar-refractivity contribution in [2.45, 2.75) is 26.8 Å². The molecular weight excluding hydrogens is 338 g/mol. The zero-order chi connectivity index (χ0) is 19.0. The van der Waals surface area contributed by atoms with E-state index in [1.165, 1.54) is 5.69 Å². The minimum absolute atomic E-state index is 0.0708. The molecule has 27 heavy (non-hydrogen) atoms. The van der Waals surface area contributed by atoms with E-state index < -0.39 is 0 Å². The largest absolute Gasteiger partial charge is 0.368 e. The molecule has 3 aromatic rings. The Morgan fingerprint density at radius 1 is 1.07 bits per heavy atom. The maximum absolute atomic E-state index is 13.2. The molecule has 1 fully saturated rings. The van der Waals surface area contributed by atoms with Crippen LogP contribution in [0.4, 0.5) is 5.69 Å². The number of benzene rings is 1. The van der Waals surface area contributed by atoms with E-state index in [1.54, 1.807) is 6.20 Å². The number of piperazine rings is 1. The molecule has 1 aliphatic rings. The molecule has 1 amide bonds. The van der Waals surface area contributed by atoms with Gasteiger partial charge in [-0.2, -0.15) is 5.10 Å². The summed E-state index contributed by atoms with van der Waals surface area (Å²) in [5.41, 5.74) is 3.55. The summed E-state index contributed by atoms with van der Waals surface area (Å²) < 4.78 is 1.88. The van der Waals surface area contributed by atoms with Gasteiger partial charge in [-0.05, 0) is 39.0 Å². The van der Waals surface area contributed by atoms with Gasteiger partial charge in [0.1, 0.15) is 0 Å². The highest BCUT2D eigenvalue weighted by Crippen LogP contribution is 2.23. The van der Waals surface area contributed by atoms with Crippen LogP contribution in [0.25, 0.3) is 11.0 Å². The standard InChI is InChI=1S/C21H25N5O/c1-15(2)26-20-19(14-22-26)18(13-16(3)23-20)21(27)25-11-9-24(10-12-25)17-7-5-4-6-8-17/h4-8,13-15H,9-12H2,1-3H3. The Kier molecular flexibility index (Phi) is 4.56. The number of nitrogens with zero attached hydrogens (tertiary/aromatic N) is 5. The van der Waals surface area contributed by atoms with Crippen LogP contribution in [0.2, 0.25) is 0 Å². The second-order valence-corrected chi connectivity index (χ2v) is 7.35. The molecule has 0 radical (unpaired) electrons. The first-order valence-corrected chi connectivity index (χ1v) is 9.48. The van der Waals surface area contributed by atoms with Crippen LogP contribution >= 0.6 is 0 Å². The molecule has 0 bridgehead atoms. The van der Waals surface area contributed by atoms with Crippen LogP contribution < -0.4 is 4.90 Å². The molecule has 0 unspecified atom stereocenters. The number of carbonyl (C=O) groups is 1. The van der Waals surface area contributed by atoms with Gasteiger partial charge in [0.15, 0.2) is 5.65 Å². The van der Waals surface area contributed by atoms with E-state index >= 15 is 0 Å². The van der Waals surface area contributed by atoms with E-state index in [0.717, 1.165) is 42.9 Å². The second-order valence-electron chi connectivity index (χ2n) is 7.35. The van der Waals surface area contributed by atoms with Crippen molar-refractivity contribution < 1.29 is 4.79 Å². The van der Waals surface area contributed by atoms with Crippen LogP contribution in [0.1, 0.15) is 35.9 Å². The average Bonchev–Trinajstić information content (AvgIpc) is 3.11. The molecule has 4 rings (SSSR count). The summed E-state index contributed by atoms with van der Waals surface area (Å²) in [4.78, 5) is 22.1. The van der Waals surface area contributed by atoms with Crippen molar-refractivity contribution in [2.24, 2.45) is 0 Å². The van der Waals surface area contributed by atoms with Gasteiger partial charge in [-0.15, -0.1) is 0 Å². The number of carbonyl (C=O) groups excluding carboxylic acids is 1. The number of pyridine rings is 1. The molecule has 140 valence electrons. The first-order chi connectivity index (χ1) is 13.0. The molecule has 0 N–H and O–H groups in total. The van der Waals surface area contributed by atoms with E-state index in [1.807, 2.05) is 28.6 Å². The summed E-state index contributed by atoms with van der Waals surface area (Å²) in [5.74, 6) is 0.0708. The Hall–Kier alpha value is -2.89. The summed E-state index contributed by atoms with van der Waals surface area (Å²) in [7, 11) is 0. The first-order valence-electron chi connectivity index (χ1n) is 9.48. The maximum atomic E-state index is 13.2. The Bertz CT molecular complexity index is 955. The number of aromatic nitrogens is 3. The van der Waals surface area contributed by atoms with E-state index in [2.05, 4.69) is 53.1 Å². The molecule has 0 saturated carbocycles. The van der Waals surface area contributed by atoms with Gasteiger partial charge in [0, 0.05) is 43.6 Å². The lowest BCUT2D eigenvalue weighted by atomic mass is 10.1. The maximum Gasteiger partial charge on any atom is 0.254 e. The number of aryl methyl sites for hydroxylation is 1. The number of amides is 1. The lowest BCUT2D eigenvalue weighted by molar-refractivity contribution is 0.0748. The van der Waals surface area contributed by atoms with Crippen LogP contribution in [-0.4, -0.2) is 51.8 Å². The zero-order valence-electron chi connectivity index (χ0n) is 16.1. The van der Waals surface area contributed by atoms with Gasteiger partial charge in [-0.1, -0.05) is 18.2 Å². The number of rotatable bonds is 3. The van der Waals surface area contributed by atoms with E-state index in [9.17, 15) is 4.79 Å². The van der Waals surface area contributed by atoms with Gasteiger partial charge in [0.25, 0.3) is 5.91 Å². The third-order valence-corrected chi connectivity index (χ3v) is 5.10. The fourth-order valence-corrected chi connectivity index (χ4v) is 3.67. The Labute approximate surface area is 159 Å². The molecule has 3 heterocycles. The molecule has 2 aromatic heterocycles. The van der Waals surface area contributed by atoms with Crippen LogP contribution in [0, 0.1) is 6.92 Å². The van der Waals surface area contributed by atoms with Crippen molar-refractivity contribution >= 4 is 22.6 Å². The third-order valence-electron chi connectivity index (χ3n) is 5.10. The molecule has 1 aromatic carbocycles. The number of hydrogen-bond donors (Lipinski definition) is 0. The number of anilines is 1.